The molecule has 2 atom stereocenters. The molecule has 2 heterocycles. The molecule has 2 N–H and O–H groups in total. The lowest BCUT2D eigenvalue weighted by Crippen LogP contribution is -2.24. The number of likely N-dealkylation sites (tertiary alicyclic amines) is 1. The molecule has 1 aromatic rings. The molecule has 1 aliphatic rings. The number of anilines is 1. The zero-order valence-corrected chi connectivity index (χ0v) is 11.9. The van der Waals surface area contributed by atoms with E-state index in [0.29, 0.717) is 5.92 Å². The average Bonchev–Trinajstić information content (AvgIpc) is 2.96. The topological polar surface area (TPSA) is 61.3 Å². The van der Waals surface area contributed by atoms with Crippen LogP contribution in [-0.2, 0) is 6.54 Å². The third kappa shape index (κ3) is 3.40. The highest BCUT2D eigenvalue weighted by molar-refractivity contribution is 7.10. The lowest BCUT2D eigenvalue weighted by atomic mass is 10.0. The Morgan fingerprint density at radius 1 is 1.61 bits per heavy atom. The molecule has 5 nitrogen and oxygen atoms in total. The zero-order chi connectivity index (χ0) is 13.0. The SMILES string of the molecule is CCCNc1snnc1CN1CCC(C(C)O)C1. The molecule has 0 saturated carbocycles. The number of aliphatic hydroxyl groups is 1. The molecule has 6 heteroatoms. The summed E-state index contributed by atoms with van der Waals surface area (Å²) in [7, 11) is 0. The smallest absolute Gasteiger partial charge is 0.134 e. The summed E-state index contributed by atoms with van der Waals surface area (Å²) in [6, 6.07) is 0. The first kappa shape index (κ1) is 13.7. The van der Waals surface area contributed by atoms with E-state index in [1.165, 1.54) is 11.5 Å². The lowest BCUT2D eigenvalue weighted by molar-refractivity contribution is 0.127. The van der Waals surface area contributed by atoms with Gasteiger partial charge in [0.05, 0.1) is 6.10 Å². The van der Waals surface area contributed by atoms with Crippen molar-refractivity contribution in [3.05, 3.63) is 5.69 Å². The van der Waals surface area contributed by atoms with Gasteiger partial charge >= 0.3 is 0 Å². The molecule has 1 aromatic heterocycles. The number of hydrogen-bond acceptors (Lipinski definition) is 6. The Morgan fingerprint density at radius 2 is 2.44 bits per heavy atom. The van der Waals surface area contributed by atoms with Gasteiger partial charge in [-0.05, 0) is 32.2 Å². The monoisotopic (exact) mass is 270 g/mol. The van der Waals surface area contributed by atoms with E-state index in [9.17, 15) is 5.11 Å². The summed E-state index contributed by atoms with van der Waals surface area (Å²) >= 11 is 1.43. The van der Waals surface area contributed by atoms with Gasteiger partial charge in [0.2, 0.25) is 0 Å². The Morgan fingerprint density at radius 3 is 3.11 bits per heavy atom. The third-order valence-corrected chi connectivity index (χ3v) is 4.18. The molecule has 2 rings (SSSR count). The Labute approximate surface area is 112 Å². The van der Waals surface area contributed by atoms with Crippen LogP contribution in [0.25, 0.3) is 0 Å². The van der Waals surface area contributed by atoms with E-state index in [1.807, 2.05) is 6.92 Å². The fourth-order valence-corrected chi connectivity index (χ4v) is 2.90. The van der Waals surface area contributed by atoms with Crippen LogP contribution in [0, 0.1) is 5.92 Å². The summed E-state index contributed by atoms with van der Waals surface area (Å²) in [5.74, 6) is 0.406. The maximum absolute atomic E-state index is 9.60. The number of aliphatic hydroxyl groups excluding tert-OH is 1. The van der Waals surface area contributed by atoms with Crippen molar-refractivity contribution in [1.82, 2.24) is 14.5 Å². The van der Waals surface area contributed by atoms with Crippen LogP contribution in [0.3, 0.4) is 0 Å². The van der Waals surface area contributed by atoms with Gasteiger partial charge in [0.25, 0.3) is 0 Å². The number of nitrogens with one attached hydrogen (secondary N) is 1. The second-order valence-electron chi connectivity index (χ2n) is 5.00. The number of hydrogen-bond donors (Lipinski definition) is 2. The van der Waals surface area contributed by atoms with Crippen molar-refractivity contribution < 1.29 is 5.11 Å². The van der Waals surface area contributed by atoms with Crippen LogP contribution in [0.2, 0.25) is 0 Å². The van der Waals surface area contributed by atoms with Crippen LogP contribution >= 0.6 is 11.5 Å². The van der Waals surface area contributed by atoms with E-state index in [1.54, 1.807) is 0 Å². The van der Waals surface area contributed by atoms with Gasteiger partial charge in [-0.15, -0.1) is 5.10 Å². The van der Waals surface area contributed by atoms with Crippen LogP contribution in [0.5, 0.6) is 0 Å². The molecule has 0 radical (unpaired) electrons. The van der Waals surface area contributed by atoms with Crippen molar-refractivity contribution in [2.24, 2.45) is 5.92 Å². The molecule has 0 bridgehead atoms. The second-order valence-corrected chi connectivity index (χ2v) is 5.75. The highest BCUT2D eigenvalue weighted by Gasteiger charge is 2.26. The van der Waals surface area contributed by atoms with Crippen LogP contribution in [0.15, 0.2) is 0 Å². The minimum absolute atomic E-state index is 0.207. The Bertz CT molecular complexity index is 369. The Kier molecular flexibility index (Phi) is 4.91. The minimum atomic E-state index is -0.207. The van der Waals surface area contributed by atoms with E-state index < -0.39 is 0 Å². The molecule has 0 amide bonds. The van der Waals surface area contributed by atoms with Crippen molar-refractivity contribution in [1.29, 1.82) is 0 Å². The van der Waals surface area contributed by atoms with E-state index >= 15 is 0 Å². The normalized spacial score (nSPS) is 22.3. The van der Waals surface area contributed by atoms with E-state index in [-0.39, 0.29) is 6.10 Å². The molecule has 102 valence electrons. The zero-order valence-electron chi connectivity index (χ0n) is 11.1. The fourth-order valence-electron chi connectivity index (χ4n) is 2.30. The van der Waals surface area contributed by atoms with Gasteiger partial charge < -0.3 is 10.4 Å². The van der Waals surface area contributed by atoms with Gasteiger partial charge in [-0.25, -0.2) is 0 Å². The molecule has 1 saturated heterocycles. The predicted octanol–water partition coefficient (Wildman–Crippen LogP) is 1.56. The third-order valence-electron chi connectivity index (χ3n) is 3.46. The Balaban J connectivity index is 1.88. The predicted molar refractivity (Wildman–Crippen MR) is 73.8 cm³/mol. The standard InChI is InChI=1S/C12H22N4OS/c1-3-5-13-12-11(14-15-18-12)8-16-6-4-10(7-16)9(2)17/h9-10,13,17H,3-8H2,1-2H3. The lowest BCUT2D eigenvalue weighted by Gasteiger charge is -2.16. The molecule has 1 aliphatic heterocycles. The van der Waals surface area contributed by atoms with Gasteiger partial charge in [-0.1, -0.05) is 11.4 Å². The summed E-state index contributed by atoms with van der Waals surface area (Å²) < 4.78 is 4.02. The first-order valence-corrected chi connectivity index (χ1v) is 7.43. The van der Waals surface area contributed by atoms with E-state index in [2.05, 4.69) is 26.7 Å². The highest BCUT2D eigenvalue weighted by atomic mass is 32.1. The maximum atomic E-state index is 9.60. The molecule has 2 unspecified atom stereocenters. The second kappa shape index (κ2) is 6.45. The minimum Gasteiger partial charge on any atom is -0.393 e. The molecular weight excluding hydrogens is 248 g/mol. The first-order valence-electron chi connectivity index (χ1n) is 6.66. The molecular formula is C12H22N4OS. The molecule has 0 spiro atoms. The quantitative estimate of drug-likeness (QED) is 0.821. The summed E-state index contributed by atoms with van der Waals surface area (Å²) in [6.07, 6.45) is 1.97. The molecule has 0 aromatic carbocycles. The summed E-state index contributed by atoms with van der Waals surface area (Å²) in [6.45, 7) is 7.84. The molecule has 18 heavy (non-hydrogen) atoms. The van der Waals surface area contributed by atoms with Gasteiger partial charge in [-0.2, -0.15) is 0 Å². The van der Waals surface area contributed by atoms with Crippen molar-refractivity contribution in [3.8, 4) is 0 Å². The van der Waals surface area contributed by atoms with Crippen molar-refractivity contribution in [2.45, 2.75) is 39.3 Å². The fraction of sp³-hybridized carbons (Fsp3) is 0.833. The van der Waals surface area contributed by atoms with E-state index in [4.69, 9.17) is 0 Å². The summed E-state index contributed by atoms with van der Waals surface area (Å²) in [5, 5.41) is 18.3. The van der Waals surface area contributed by atoms with Crippen LogP contribution < -0.4 is 5.32 Å². The number of rotatable bonds is 6. The summed E-state index contributed by atoms with van der Waals surface area (Å²) in [4.78, 5) is 2.35. The van der Waals surface area contributed by atoms with Gasteiger partial charge in [0, 0.05) is 31.2 Å². The van der Waals surface area contributed by atoms with E-state index in [0.717, 1.165) is 49.7 Å². The number of aromatic nitrogens is 2. The van der Waals surface area contributed by atoms with Crippen molar-refractivity contribution in [2.75, 3.05) is 25.0 Å². The number of nitrogens with zero attached hydrogens (tertiary/aromatic N) is 3. The van der Waals surface area contributed by atoms with Crippen molar-refractivity contribution >= 4 is 16.5 Å². The first-order chi connectivity index (χ1) is 8.70. The van der Waals surface area contributed by atoms with Crippen molar-refractivity contribution in [3.63, 3.8) is 0 Å². The van der Waals surface area contributed by atoms with Gasteiger partial charge in [-0.3, -0.25) is 4.90 Å². The average molecular weight is 270 g/mol. The summed E-state index contributed by atoms with van der Waals surface area (Å²) in [5.41, 5.74) is 1.04. The molecule has 1 fully saturated rings. The van der Waals surface area contributed by atoms with Gasteiger partial charge in [0.15, 0.2) is 0 Å². The maximum Gasteiger partial charge on any atom is 0.134 e. The molecule has 0 aliphatic carbocycles. The van der Waals surface area contributed by atoms with Crippen LogP contribution in [0.1, 0.15) is 32.4 Å². The van der Waals surface area contributed by atoms with Crippen LogP contribution in [0.4, 0.5) is 5.00 Å². The Hall–Kier alpha value is -0.720. The van der Waals surface area contributed by atoms with Gasteiger partial charge in [0.1, 0.15) is 10.7 Å². The largest absolute Gasteiger partial charge is 0.393 e. The van der Waals surface area contributed by atoms with Crippen LogP contribution in [-0.4, -0.2) is 45.3 Å². The highest BCUT2D eigenvalue weighted by Crippen LogP contribution is 2.24.